The topological polar surface area (TPSA) is 386 Å². The summed E-state index contributed by atoms with van der Waals surface area (Å²) in [5.41, 5.74) is 21.8. The molecule has 4 unspecified atom stereocenters. The summed E-state index contributed by atoms with van der Waals surface area (Å²) in [4.78, 5) is 144. The maximum atomic E-state index is 12.6. The smallest absolute Gasteiger partial charge is 0.411 e. The summed E-state index contributed by atoms with van der Waals surface area (Å²) < 4.78 is 11.6. The summed E-state index contributed by atoms with van der Waals surface area (Å²) >= 11 is 33.6. The van der Waals surface area contributed by atoms with Crippen LogP contribution in [0.3, 0.4) is 0 Å². The van der Waals surface area contributed by atoms with E-state index in [9.17, 15) is 43.6 Å². The van der Waals surface area contributed by atoms with Crippen LogP contribution in [0, 0.1) is 17.2 Å². The Morgan fingerprint density at radius 1 is 0.442 bits per heavy atom. The molecule has 8 aromatic rings. The lowest BCUT2D eigenvalue weighted by Gasteiger charge is -2.40. The summed E-state index contributed by atoms with van der Waals surface area (Å²) in [5.74, 6) is 3.24. The Labute approximate surface area is 728 Å². The molecule has 16 rings (SSSR count). The Balaban J connectivity index is 0.000000151. The van der Waals surface area contributed by atoms with Gasteiger partial charge in [-0.3, -0.25) is 38.6 Å². The first kappa shape index (κ1) is 90.4. The van der Waals surface area contributed by atoms with Gasteiger partial charge in [0, 0.05) is 113 Å². The van der Waals surface area contributed by atoms with Crippen molar-refractivity contribution in [1.29, 1.82) is 5.26 Å². The molecule has 0 bridgehead atoms. The van der Waals surface area contributed by atoms with E-state index in [4.69, 9.17) is 84.7 Å². The molecule has 4 atom stereocenters. The normalized spacial score (nSPS) is 19.1. The standard InChI is InChI=1S/C21H26ClN5O3.C19H20ClN5O2.C19H18ClN5O.C18H21BrClN5O3.C4H8.C3H3ClO/c1-21(2,3)30-20(29)27-7-6-26(10-17(27)18(23)28)19-14-8-13(12-4-5-12)15(22)9-16(14)24-11-25-19;1-2-17(26)25-6-5-24(9-16(25)18(21)27)19-13-7-12(11-3-4-11)14(20)8-15(13)22-10-23-19;1-2-18(26)25-6-5-24(10-13(25)9-21)19-15-7-14(12-3-4-12)16(20)8-17(15)22-11-23-19;1-18(2,3)28-17(27)25-5-4-24(8-14(25)15(21)26)16-10-6-11(19)12(20)7-13(10)22-9-23-16;1-4-2-3-4;1-2-3(4)5/h8-9,11-12,17H,4-7,10H2,1-3H3,(H2,23,28);2,7-8,10-11,16H,1,3-6,9H2,(H2,21,27);2,7-8,11-13H,1,3-6,10H2;6-7,9,14H,4-5,8H2,1-3H3,(H2,21,26);4H,2-3H2,1H3;2H,1H2. The first-order chi connectivity index (χ1) is 57.0. The highest BCUT2D eigenvalue weighted by molar-refractivity contribution is 9.10. The van der Waals surface area contributed by atoms with Gasteiger partial charge in [0.05, 0.1) is 39.7 Å². The number of fused-ring (bicyclic) bond motifs is 4. The van der Waals surface area contributed by atoms with Gasteiger partial charge in [-0.25, -0.2) is 49.5 Å². The largest absolute Gasteiger partial charge is 0.444 e. The van der Waals surface area contributed by atoms with Gasteiger partial charge in [0.2, 0.25) is 34.8 Å². The fraction of sp³-hybridized carbons (Fsp3) is 0.440. The molecule has 0 spiro atoms. The van der Waals surface area contributed by atoms with Crippen molar-refractivity contribution >= 4 is 188 Å². The molecule has 7 amide bonds. The Bertz CT molecular complexity index is 5330. The lowest BCUT2D eigenvalue weighted by Crippen LogP contribution is -2.60. The zero-order valence-corrected chi connectivity index (χ0v) is 73.1. The molecule has 30 nitrogen and oxygen atoms in total. The maximum Gasteiger partial charge on any atom is 0.411 e. The predicted octanol–water partition coefficient (Wildman–Crippen LogP) is 13.1. The van der Waals surface area contributed by atoms with Gasteiger partial charge in [0.1, 0.15) is 84.0 Å². The molecular weight excluding hydrogens is 1710 g/mol. The van der Waals surface area contributed by atoms with Crippen molar-refractivity contribution in [1.82, 2.24) is 59.5 Å². The number of nitrogens with zero attached hydrogens (tertiary/aromatic N) is 17. The fourth-order valence-corrected chi connectivity index (χ4v) is 15.6. The Hall–Kier alpha value is -10.4. The Morgan fingerprint density at radius 2 is 0.725 bits per heavy atom. The highest BCUT2D eigenvalue weighted by Gasteiger charge is 2.42. The van der Waals surface area contributed by atoms with E-state index in [1.165, 1.54) is 65.0 Å². The van der Waals surface area contributed by atoms with Crippen molar-refractivity contribution in [2.45, 2.75) is 153 Å². The number of anilines is 4. The average molecular weight is 1800 g/mol. The van der Waals surface area contributed by atoms with Gasteiger partial charge in [-0.05, 0) is 215 Å². The van der Waals surface area contributed by atoms with E-state index in [0.29, 0.717) is 92.3 Å². The van der Waals surface area contributed by atoms with Gasteiger partial charge >= 0.3 is 12.2 Å². The minimum absolute atomic E-state index is 0.209. The number of carbonyl (C=O) groups is 8. The number of aromatic nitrogens is 8. The van der Waals surface area contributed by atoms with Crippen LogP contribution in [0.5, 0.6) is 0 Å². The van der Waals surface area contributed by atoms with Crippen molar-refractivity contribution in [3.8, 4) is 6.07 Å². The van der Waals surface area contributed by atoms with Crippen LogP contribution in [0.25, 0.3) is 43.6 Å². The lowest BCUT2D eigenvalue weighted by atomic mass is 10.1. The number of piperazine rings is 4. The number of amides is 7. The quantitative estimate of drug-likeness (QED) is 0.0713. The van der Waals surface area contributed by atoms with Crippen molar-refractivity contribution < 1.29 is 47.8 Å². The summed E-state index contributed by atoms with van der Waals surface area (Å²) in [7, 11) is 0. The van der Waals surface area contributed by atoms with Gasteiger partial charge < -0.3 is 56.1 Å². The maximum absolute atomic E-state index is 12.6. The van der Waals surface area contributed by atoms with Crippen LogP contribution in [0.15, 0.2) is 116 Å². The number of halogens is 6. The monoisotopic (exact) mass is 1800 g/mol. The summed E-state index contributed by atoms with van der Waals surface area (Å²) in [5, 5.41) is 15.2. The number of carbonyl (C=O) groups excluding carboxylic acids is 8. The number of hydrogen-bond acceptors (Lipinski definition) is 23. The molecule has 4 aromatic carbocycles. The first-order valence-electron chi connectivity index (χ1n) is 39.4. The summed E-state index contributed by atoms with van der Waals surface area (Å²) in [6, 6.07) is 14.8. The number of nitriles is 1. The minimum atomic E-state index is -0.829. The SMILES string of the molecule is C=CC(=O)Cl.C=CC(=O)N1CCN(c2ncnc3cc(Cl)c(C4CC4)cc23)CC1C#N.C=CC(=O)N1CCN(c2ncnc3cc(Cl)c(C4CC4)cc23)CC1C(N)=O.CC(C)(C)OC(=O)N1CCN(c2ncnc3cc(Cl)c(Br)cc23)CC1C(N)=O.CC(C)(C)OC(=O)N1CCN(c2ncnc3cc(Cl)c(C4CC4)cc23)CC1C(N)=O.CC1CC1. The van der Waals surface area contributed by atoms with Crippen LogP contribution in [-0.4, -0.2) is 220 Å². The third-order valence-electron chi connectivity index (χ3n) is 21.0. The van der Waals surface area contributed by atoms with E-state index in [1.54, 1.807) is 52.5 Å². The van der Waals surface area contributed by atoms with Crippen molar-refractivity contribution in [2.24, 2.45) is 23.1 Å². The van der Waals surface area contributed by atoms with Gasteiger partial charge in [-0.15, -0.1) is 0 Å². The second kappa shape index (κ2) is 39.0. The molecule has 4 aromatic heterocycles. The molecular formula is C84H96BrCl5N20O10. The number of allylic oxidation sites excluding steroid dienone is 1. The molecule has 8 aliphatic rings. The molecule has 120 heavy (non-hydrogen) atoms. The number of ether oxygens (including phenoxy) is 2. The minimum Gasteiger partial charge on any atom is -0.444 e. The third-order valence-corrected chi connectivity index (χ3v) is 23.3. The summed E-state index contributed by atoms with van der Waals surface area (Å²) in [6.07, 6.45) is 18.2. The molecule has 36 heteroatoms. The van der Waals surface area contributed by atoms with Crippen LogP contribution in [0.1, 0.15) is 134 Å². The van der Waals surface area contributed by atoms with Crippen LogP contribution in [-0.2, 0) is 38.2 Å². The zero-order chi connectivity index (χ0) is 86.9. The van der Waals surface area contributed by atoms with Crippen molar-refractivity contribution in [3.05, 3.63) is 153 Å². The Morgan fingerprint density at radius 3 is 1.01 bits per heavy atom. The first-order valence-corrected chi connectivity index (χ1v) is 42.0. The number of primary amides is 3. The molecule has 4 aliphatic heterocycles. The van der Waals surface area contributed by atoms with Gasteiger partial charge in [0.25, 0.3) is 0 Å². The molecule has 8 fully saturated rings. The number of nitrogens with two attached hydrogens (primary N) is 3. The fourth-order valence-electron chi connectivity index (χ4n) is 14.2. The molecule has 0 radical (unpaired) electrons. The number of hydrogen-bond donors (Lipinski definition) is 3. The molecule has 8 heterocycles. The van der Waals surface area contributed by atoms with E-state index in [2.05, 4.69) is 112 Å². The lowest BCUT2D eigenvalue weighted by molar-refractivity contribution is -0.136. The van der Waals surface area contributed by atoms with Crippen LogP contribution < -0.4 is 36.8 Å². The second-order valence-corrected chi connectivity index (χ2v) is 35.1. The highest BCUT2D eigenvalue weighted by Crippen LogP contribution is 2.48. The van der Waals surface area contributed by atoms with E-state index >= 15 is 0 Å². The van der Waals surface area contributed by atoms with E-state index in [1.807, 2.05) is 39.0 Å². The van der Waals surface area contributed by atoms with E-state index in [-0.39, 0.29) is 38.0 Å². The molecule has 4 saturated carbocycles. The van der Waals surface area contributed by atoms with E-state index < -0.39 is 70.5 Å². The molecule has 6 N–H and O–H groups in total. The zero-order valence-electron chi connectivity index (χ0n) is 67.7. The van der Waals surface area contributed by atoms with Gasteiger partial charge in [0.15, 0.2) is 0 Å². The van der Waals surface area contributed by atoms with Crippen LogP contribution >= 0.6 is 73.9 Å². The Kier molecular flexibility index (Phi) is 29.4. The average Bonchev–Trinajstić information content (AvgIpc) is 1.65. The highest BCUT2D eigenvalue weighted by atomic mass is 79.9. The van der Waals surface area contributed by atoms with E-state index in [0.717, 1.165) is 136 Å². The molecule has 634 valence electrons. The van der Waals surface area contributed by atoms with Crippen molar-refractivity contribution in [2.75, 3.05) is 98.1 Å². The van der Waals surface area contributed by atoms with Crippen molar-refractivity contribution in [3.63, 3.8) is 0 Å². The van der Waals surface area contributed by atoms with Gasteiger partial charge in [-0.1, -0.05) is 85.9 Å². The number of rotatable bonds is 13. The third kappa shape index (κ3) is 22.8. The van der Waals surface area contributed by atoms with Crippen LogP contribution in [0.2, 0.25) is 20.1 Å². The van der Waals surface area contributed by atoms with Gasteiger partial charge in [-0.2, -0.15) is 5.26 Å². The summed E-state index contributed by atoms with van der Waals surface area (Å²) in [6.45, 7) is 27.7. The number of benzene rings is 4. The second-order valence-electron chi connectivity index (χ2n) is 32.3. The predicted molar refractivity (Wildman–Crippen MR) is 468 cm³/mol. The molecule has 4 aliphatic carbocycles. The van der Waals surface area contributed by atoms with Crippen LogP contribution in [0.4, 0.5) is 32.9 Å². The molecule has 4 saturated heterocycles.